The summed E-state index contributed by atoms with van der Waals surface area (Å²) in [6.07, 6.45) is 0. The van der Waals surface area contributed by atoms with E-state index in [4.69, 9.17) is 23.6 Å². The van der Waals surface area contributed by atoms with Crippen LogP contribution in [0.25, 0.3) is 0 Å². The number of phenols is 2. The second kappa shape index (κ2) is 13.0. The van der Waals surface area contributed by atoms with Gasteiger partial charge in [-0.3, -0.25) is 0 Å². The van der Waals surface area contributed by atoms with E-state index in [1.807, 2.05) is 12.1 Å². The van der Waals surface area contributed by atoms with E-state index in [9.17, 15) is 9.13 Å². The van der Waals surface area contributed by atoms with Crippen molar-refractivity contribution in [3.05, 3.63) is 146 Å². The molecule has 2 atom stereocenters. The van der Waals surface area contributed by atoms with Crippen LogP contribution in [0.3, 0.4) is 0 Å². The molecule has 0 aliphatic rings. The normalized spacial score (nSPS) is 13.5. The lowest BCUT2D eigenvalue weighted by atomic mass is 10.3. The Hall–Kier alpha value is -4.28. The molecule has 2 unspecified atom stereocenters. The maximum Gasteiger partial charge on any atom is 0.418 e. The summed E-state index contributed by atoms with van der Waals surface area (Å²) in [6.45, 7) is 0. The molecule has 5 rings (SSSR count). The standard InChI is InChI=1S/C24H20O5P2.C6H6O2/c25-30(23-17-9-3-10-18-23,27-21-13-5-1-6-14-21)29-31(26,24-19-11-4-12-20-24)28-22-15-7-2-8-16-22;7-5-2-1-3-6(8)4-5/h1-20H;1-4,7-8H. The zero-order valence-electron chi connectivity index (χ0n) is 20.7. The summed E-state index contributed by atoms with van der Waals surface area (Å²) in [6, 6.07) is 40.0. The Labute approximate surface area is 227 Å². The van der Waals surface area contributed by atoms with Crippen LogP contribution in [0.4, 0.5) is 0 Å². The largest absolute Gasteiger partial charge is 0.508 e. The van der Waals surface area contributed by atoms with Gasteiger partial charge in [0.05, 0.1) is 10.6 Å². The molecule has 0 amide bonds. The topological polar surface area (TPSA) is 102 Å². The van der Waals surface area contributed by atoms with Gasteiger partial charge in [0.25, 0.3) is 0 Å². The number of rotatable bonds is 8. The first-order chi connectivity index (χ1) is 18.9. The lowest BCUT2D eigenvalue weighted by molar-refractivity contribution is 0.357. The van der Waals surface area contributed by atoms with Gasteiger partial charge in [0.2, 0.25) is 0 Å². The molecule has 0 spiro atoms. The van der Waals surface area contributed by atoms with Gasteiger partial charge in [0.1, 0.15) is 23.0 Å². The predicted molar refractivity (Wildman–Crippen MR) is 152 cm³/mol. The third-order valence-electron chi connectivity index (χ3n) is 5.13. The molecule has 0 aromatic heterocycles. The van der Waals surface area contributed by atoms with Crippen molar-refractivity contribution >= 4 is 25.8 Å². The molecule has 5 aromatic rings. The summed E-state index contributed by atoms with van der Waals surface area (Å²) in [4.78, 5) is 0. The molecule has 0 heterocycles. The number of phenolic OH excluding ortho intramolecular Hbond substituents is 2. The maximum absolute atomic E-state index is 14.1. The van der Waals surface area contributed by atoms with E-state index >= 15 is 0 Å². The highest BCUT2D eigenvalue weighted by Crippen LogP contribution is 2.62. The average Bonchev–Trinajstić information content (AvgIpc) is 2.95. The summed E-state index contributed by atoms with van der Waals surface area (Å²) in [5.74, 6) is 0.831. The second-order valence-corrected chi connectivity index (χ2v) is 12.1. The highest BCUT2D eigenvalue weighted by molar-refractivity contribution is 7.75. The van der Waals surface area contributed by atoms with Crippen molar-refractivity contribution in [1.82, 2.24) is 0 Å². The molecule has 0 aliphatic carbocycles. The van der Waals surface area contributed by atoms with Gasteiger partial charge < -0.3 is 19.3 Å². The number of hydrogen-bond donors (Lipinski definition) is 2. The number of benzene rings is 5. The van der Waals surface area contributed by atoms with E-state index in [0.29, 0.717) is 11.5 Å². The van der Waals surface area contributed by atoms with Crippen LogP contribution >= 0.6 is 15.2 Å². The Morgan fingerprint density at radius 1 is 0.436 bits per heavy atom. The monoisotopic (exact) mass is 560 g/mol. The van der Waals surface area contributed by atoms with Gasteiger partial charge in [-0.2, -0.15) is 0 Å². The van der Waals surface area contributed by atoms with Gasteiger partial charge in [-0.25, -0.2) is 13.4 Å². The third-order valence-corrected chi connectivity index (χ3v) is 9.61. The lowest BCUT2D eigenvalue weighted by Crippen LogP contribution is -2.17. The van der Waals surface area contributed by atoms with Gasteiger partial charge in [0, 0.05) is 6.07 Å². The van der Waals surface area contributed by atoms with Crippen LogP contribution < -0.4 is 19.7 Å². The molecule has 0 bridgehead atoms. The van der Waals surface area contributed by atoms with Gasteiger partial charge in [-0.1, -0.05) is 78.9 Å². The molecule has 0 fully saturated rings. The lowest BCUT2D eigenvalue weighted by Gasteiger charge is -2.25. The van der Waals surface area contributed by atoms with E-state index in [1.54, 1.807) is 115 Å². The molecule has 0 radical (unpaired) electrons. The van der Waals surface area contributed by atoms with Crippen LogP contribution in [0.5, 0.6) is 23.0 Å². The fourth-order valence-corrected chi connectivity index (χ4v) is 7.57. The van der Waals surface area contributed by atoms with E-state index < -0.39 is 15.2 Å². The first-order valence-electron chi connectivity index (χ1n) is 11.9. The fraction of sp³-hybridized carbons (Fsp3) is 0. The van der Waals surface area contributed by atoms with E-state index in [2.05, 4.69) is 0 Å². The summed E-state index contributed by atoms with van der Waals surface area (Å²) >= 11 is 0. The van der Waals surface area contributed by atoms with Gasteiger partial charge >= 0.3 is 15.2 Å². The first-order valence-corrected chi connectivity index (χ1v) is 14.9. The minimum absolute atomic E-state index is 0.0880. The predicted octanol–water partition coefficient (Wildman–Crippen LogP) is 7.30. The Morgan fingerprint density at radius 2 is 0.769 bits per heavy atom. The fourth-order valence-electron chi connectivity index (χ4n) is 3.33. The zero-order valence-corrected chi connectivity index (χ0v) is 22.5. The molecular formula is C30H26O7P2. The van der Waals surface area contributed by atoms with Crippen LogP contribution in [-0.4, -0.2) is 10.2 Å². The second-order valence-electron chi connectivity index (χ2n) is 8.08. The molecule has 39 heavy (non-hydrogen) atoms. The minimum Gasteiger partial charge on any atom is -0.508 e. The molecule has 198 valence electrons. The van der Waals surface area contributed by atoms with Crippen LogP contribution in [0, 0.1) is 0 Å². The molecule has 7 nitrogen and oxygen atoms in total. The van der Waals surface area contributed by atoms with Gasteiger partial charge in [-0.05, 0) is 60.7 Å². The van der Waals surface area contributed by atoms with Crippen LogP contribution in [0.2, 0.25) is 0 Å². The third kappa shape index (κ3) is 7.86. The van der Waals surface area contributed by atoms with E-state index in [1.165, 1.54) is 18.2 Å². The number of para-hydroxylation sites is 2. The summed E-state index contributed by atoms with van der Waals surface area (Å²) in [7, 11) is -8.21. The highest BCUT2D eigenvalue weighted by Gasteiger charge is 2.42. The molecule has 0 saturated carbocycles. The minimum atomic E-state index is -4.11. The smallest absolute Gasteiger partial charge is 0.418 e. The summed E-state index contributed by atoms with van der Waals surface area (Å²) < 4.78 is 45.7. The quantitative estimate of drug-likeness (QED) is 0.192. The SMILES string of the molecule is O=P(Oc1ccccc1)(OP(=O)(Oc1ccccc1)c1ccccc1)c1ccccc1.Oc1cccc(O)c1. The Kier molecular flexibility index (Phi) is 9.24. The van der Waals surface area contributed by atoms with E-state index in [0.717, 1.165) is 0 Å². The van der Waals surface area contributed by atoms with Gasteiger partial charge in [-0.15, -0.1) is 0 Å². The maximum atomic E-state index is 14.1. The summed E-state index contributed by atoms with van der Waals surface area (Å²) in [5, 5.41) is 17.8. The van der Waals surface area contributed by atoms with Crippen LogP contribution in [0.15, 0.2) is 146 Å². The van der Waals surface area contributed by atoms with Crippen molar-refractivity contribution in [3.63, 3.8) is 0 Å². The van der Waals surface area contributed by atoms with Gasteiger partial charge in [0.15, 0.2) is 0 Å². The van der Waals surface area contributed by atoms with E-state index in [-0.39, 0.29) is 22.1 Å². The molecule has 2 N–H and O–H groups in total. The number of aromatic hydroxyl groups is 2. The first kappa shape index (κ1) is 27.7. The summed E-state index contributed by atoms with van der Waals surface area (Å²) in [5.41, 5.74) is 0. The van der Waals surface area contributed by atoms with Crippen molar-refractivity contribution < 1.29 is 32.7 Å². The zero-order chi connectivity index (χ0) is 27.6. The molecular weight excluding hydrogens is 534 g/mol. The van der Waals surface area contributed by atoms with Crippen molar-refractivity contribution in [1.29, 1.82) is 0 Å². The van der Waals surface area contributed by atoms with Crippen molar-refractivity contribution in [2.45, 2.75) is 0 Å². The van der Waals surface area contributed by atoms with Crippen molar-refractivity contribution in [3.8, 4) is 23.0 Å². The average molecular weight is 560 g/mol. The molecule has 0 saturated heterocycles. The van der Waals surface area contributed by atoms with Crippen molar-refractivity contribution in [2.75, 3.05) is 0 Å². The van der Waals surface area contributed by atoms with Crippen LogP contribution in [-0.2, 0) is 13.4 Å². The highest BCUT2D eigenvalue weighted by atomic mass is 31.3. The Morgan fingerprint density at radius 3 is 1.08 bits per heavy atom. The molecule has 9 heteroatoms. The molecule has 5 aromatic carbocycles. The number of hydrogen-bond acceptors (Lipinski definition) is 7. The Balaban J connectivity index is 0.000000379. The van der Waals surface area contributed by atoms with Crippen LogP contribution in [0.1, 0.15) is 0 Å². The molecule has 0 aliphatic heterocycles. The van der Waals surface area contributed by atoms with Crippen molar-refractivity contribution in [2.24, 2.45) is 0 Å². The Bertz CT molecular complexity index is 1430.